The van der Waals surface area contributed by atoms with Crippen LogP contribution in [0.25, 0.3) is 0 Å². The predicted octanol–water partition coefficient (Wildman–Crippen LogP) is 3.89. The normalized spacial score (nSPS) is 18.1. The fraction of sp³-hybridized carbons (Fsp3) is 0.733. The topological polar surface area (TPSA) is 62.2 Å². The van der Waals surface area contributed by atoms with Crippen molar-refractivity contribution in [1.29, 1.82) is 0 Å². The molecule has 0 aliphatic heterocycles. The van der Waals surface area contributed by atoms with Crippen molar-refractivity contribution in [3.05, 3.63) is 11.1 Å². The summed E-state index contributed by atoms with van der Waals surface area (Å²) in [6, 6.07) is 0. The standard InChI is InChI=1S/C15H24N2O2S/c1-4-15(7-5-6-8-15)10-16-13-17-11(9-20-13)14(2,3)12(18)19/h9H,4-8,10H2,1-3H3,(H,16,17)(H,18,19). The van der Waals surface area contributed by atoms with Crippen LogP contribution in [0.5, 0.6) is 0 Å². The number of carboxylic acid groups (broad SMARTS) is 1. The number of nitrogens with zero attached hydrogens (tertiary/aromatic N) is 1. The first kappa shape index (κ1) is 15.3. The van der Waals surface area contributed by atoms with Gasteiger partial charge in [-0.2, -0.15) is 0 Å². The van der Waals surface area contributed by atoms with Gasteiger partial charge in [0, 0.05) is 11.9 Å². The summed E-state index contributed by atoms with van der Waals surface area (Å²) in [5.41, 5.74) is 0.120. The maximum absolute atomic E-state index is 11.2. The third-order valence-corrected chi connectivity index (χ3v) is 5.51. The Kier molecular flexibility index (Phi) is 4.37. The predicted molar refractivity (Wildman–Crippen MR) is 82.5 cm³/mol. The molecular formula is C15H24N2O2S. The van der Waals surface area contributed by atoms with Crippen LogP contribution in [0.2, 0.25) is 0 Å². The summed E-state index contributed by atoms with van der Waals surface area (Å²) in [6.45, 7) is 6.59. The van der Waals surface area contributed by atoms with E-state index in [1.54, 1.807) is 13.8 Å². The Morgan fingerprint density at radius 2 is 2.15 bits per heavy atom. The lowest BCUT2D eigenvalue weighted by molar-refractivity contribution is -0.142. The summed E-state index contributed by atoms with van der Waals surface area (Å²) in [5, 5.41) is 15.3. The fourth-order valence-electron chi connectivity index (χ4n) is 2.80. The Balaban J connectivity index is 2.01. The van der Waals surface area contributed by atoms with Gasteiger partial charge < -0.3 is 10.4 Å². The molecule has 1 saturated carbocycles. The summed E-state index contributed by atoms with van der Waals surface area (Å²) >= 11 is 1.50. The Hall–Kier alpha value is -1.10. The van der Waals surface area contributed by atoms with Crippen LogP contribution in [-0.2, 0) is 10.2 Å². The van der Waals surface area contributed by atoms with Crippen molar-refractivity contribution in [2.24, 2.45) is 5.41 Å². The first-order valence-corrected chi connectivity index (χ1v) is 8.21. The molecule has 0 spiro atoms. The highest BCUT2D eigenvalue weighted by Crippen LogP contribution is 2.41. The van der Waals surface area contributed by atoms with Gasteiger partial charge in [-0.05, 0) is 38.5 Å². The van der Waals surface area contributed by atoms with Crippen LogP contribution in [0.1, 0.15) is 58.6 Å². The molecule has 0 saturated heterocycles. The van der Waals surface area contributed by atoms with E-state index in [0.29, 0.717) is 11.1 Å². The second-order valence-corrected chi connectivity index (χ2v) is 7.24. The number of anilines is 1. The molecule has 5 heteroatoms. The molecule has 2 rings (SSSR count). The zero-order chi connectivity index (χ0) is 14.8. The van der Waals surface area contributed by atoms with Gasteiger partial charge in [0.25, 0.3) is 0 Å². The lowest BCUT2D eigenvalue weighted by Crippen LogP contribution is -2.29. The molecule has 1 heterocycles. The minimum atomic E-state index is -0.924. The highest BCUT2D eigenvalue weighted by atomic mass is 32.1. The molecule has 0 aromatic carbocycles. The van der Waals surface area contributed by atoms with E-state index in [1.165, 1.54) is 43.4 Å². The zero-order valence-electron chi connectivity index (χ0n) is 12.5. The maximum Gasteiger partial charge on any atom is 0.315 e. The quantitative estimate of drug-likeness (QED) is 0.836. The number of hydrogen-bond acceptors (Lipinski definition) is 4. The van der Waals surface area contributed by atoms with Crippen LogP contribution in [0, 0.1) is 5.41 Å². The summed E-state index contributed by atoms with van der Waals surface area (Å²) in [5.74, 6) is -0.838. The van der Waals surface area contributed by atoms with Gasteiger partial charge >= 0.3 is 5.97 Å². The average molecular weight is 296 g/mol. The third-order valence-electron chi connectivity index (χ3n) is 4.71. The molecule has 0 amide bonds. The summed E-state index contributed by atoms with van der Waals surface area (Å²) < 4.78 is 0. The van der Waals surface area contributed by atoms with Crippen molar-refractivity contribution in [3.63, 3.8) is 0 Å². The van der Waals surface area contributed by atoms with Gasteiger partial charge in [0.1, 0.15) is 5.41 Å². The van der Waals surface area contributed by atoms with Gasteiger partial charge in [-0.3, -0.25) is 4.79 Å². The van der Waals surface area contributed by atoms with Crippen molar-refractivity contribution < 1.29 is 9.90 Å². The summed E-state index contributed by atoms with van der Waals surface area (Å²) in [7, 11) is 0. The monoisotopic (exact) mass is 296 g/mol. The maximum atomic E-state index is 11.2. The minimum absolute atomic E-state index is 0.411. The van der Waals surface area contributed by atoms with E-state index >= 15 is 0 Å². The van der Waals surface area contributed by atoms with Crippen LogP contribution in [-0.4, -0.2) is 22.6 Å². The van der Waals surface area contributed by atoms with Crippen molar-refractivity contribution in [2.45, 2.75) is 58.3 Å². The molecule has 4 nitrogen and oxygen atoms in total. The van der Waals surface area contributed by atoms with E-state index in [4.69, 9.17) is 0 Å². The highest BCUT2D eigenvalue weighted by molar-refractivity contribution is 7.13. The molecule has 0 unspecified atom stereocenters. The molecule has 1 aliphatic carbocycles. The number of carboxylic acids is 1. The summed E-state index contributed by atoms with van der Waals surface area (Å²) in [4.78, 5) is 15.7. The van der Waals surface area contributed by atoms with Crippen molar-refractivity contribution in [1.82, 2.24) is 4.98 Å². The zero-order valence-corrected chi connectivity index (χ0v) is 13.3. The Morgan fingerprint density at radius 1 is 1.50 bits per heavy atom. The van der Waals surface area contributed by atoms with Crippen LogP contribution in [0.4, 0.5) is 5.13 Å². The number of aliphatic carboxylic acids is 1. The molecule has 0 bridgehead atoms. The number of hydrogen-bond donors (Lipinski definition) is 2. The largest absolute Gasteiger partial charge is 0.481 e. The van der Waals surface area contributed by atoms with Gasteiger partial charge in [-0.1, -0.05) is 19.8 Å². The van der Waals surface area contributed by atoms with Crippen LogP contribution in [0.15, 0.2) is 5.38 Å². The number of thiazole rings is 1. The van der Waals surface area contributed by atoms with Crippen molar-refractivity contribution in [2.75, 3.05) is 11.9 Å². The molecule has 1 aromatic heterocycles. The Morgan fingerprint density at radius 3 is 2.70 bits per heavy atom. The SMILES string of the molecule is CCC1(CNc2nc(C(C)(C)C(=O)O)cs2)CCCC1. The smallest absolute Gasteiger partial charge is 0.315 e. The lowest BCUT2D eigenvalue weighted by atomic mass is 9.83. The van der Waals surface area contributed by atoms with Crippen LogP contribution in [0.3, 0.4) is 0 Å². The van der Waals surface area contributed by atoms with E-state index in [0.717, 1.165) is 11.7 Å². The van der Waals surface area contributed by atoms with Crippen LogP contribution < -0.4 is 5.32 Å². The van der Waals surface area contributed by atoms with Crippen molar-refractivity contribution >= 4 is 22.4 Å². The second kappa shape index (κ2) is 5.72. The first-order valence-electron chi connectivity index (χ1n) is 7.33. The number of aromatic nitrogens is 1. The van der Waals surface area contributed by atoms with Crippen molar-refractivity contribution in [3.8, 4) is 0 Å². The van der Waals surface area contributed by atoms with Gasteiger partial charge in [-0.25, -0.2) is 4.98 Å². The van der Waals surface area contributed by atoms with Crippen LogP contribution >= 0.6 is 11.3 Å². The molecule has 0 atom stereocenters. The molecule has 20 heavy (non-hydrogen) atoms. The van der Waals surface area contributed by atoms with E-state index in [9.17, 15) is 9.90 Å². The van der Waals surface area contributed by atoms with Gasteiger partial charge in [-0.15, -0.1) is 11.3 Å². The fourth-order valence-corrected chi connectivity index (χ4v) is 3.67. The molecule has 1 aromatic rings. The van der Waals surface area contributed by atoms with E-state index in [2.05, 4.69) is 17.2 Å². The second-order valence-electron chi connectivity index (χ2n) is 6.38. The number of carbonyl (C=O) groups is 1. The Bertz CT molecular complexity index is 476. The third kappa shape index (κ3) is 2.97. The Labute approximate surface area is 124 Å². The van der Waals surface area contributed by atoms with E-state index in [1.807, 2.05) is 5.38 Å². The molecule has 1 fully saturated rings. The molecule has 1 aliphatic rings. The molecule has 0 radical (unpaired) electrons. The van der Waals surface area contributed by atoms with E-state index < -0.39 is 11.4 Å². The average Bonchev–Trinajstić information content (AvgIpc) is 3.06. The molecule has 2 N–H and O–H groups in total. The van der Waals surface area contributed by atoms with E-state index in [-0.39, 0.29) is 0 Å². The number of nitrogens with one attached hydrogen (secondary N) is 1. The summed E-state index contributed by atoms with van der Waals surface area (Å²) in [6.07, 6.45) is 6.42. The van der Waals surface area contributed by atoms with Gasteiger partial charge in [0.05, 0.1) is 5.69 Å². The minimum Gasteiger partial charge on any atom is -0.481 e. The van der Waals surface area contributed by atoms with Gasteiger partial charge in [0.15, 0.2) is 5.13 Å². The lowest BCUT2D eigenvalue weighted by Gasteiger charge is -2.27. The first-order chi connectivity index (χ1) is 9.39. The highest BCUT2D eigenvalue weighted by Gasteiger charge is 2.34. The molecule has 112 valence electrons. The number of rotatable bonds is 6. The molecular weight excluding hydrogens is 272 g/mol. The van der Waals surface area contributed by atoms with Gasteiger partial charge in [0.2, 0.25) is 0 Å².